The average Bonchev–Trinajstić information content (AvgIpc) is 3.25. The maximum absolute atomic E-state index is 13.4. The molecule has 1 amide bonds. The van der Waals surface area contributed by atoms with E-state index < -0.39 is 28.0 Å². The number of ether oxygens (including phenoxy) is 1. The van der Waals surface area contributed by atoms with Crippen molar-refractivity contribution >= 4 is 16.1 Å². The topological polar surface area (TPSA) is 93.5 Å². The van der Waals surface area contributed by atoms with Gasteiger partial charge in [-0.3, -0.25) is 0 Å². The van der Waals surface area contributed by atoms with Crippen LogP contribution in [-0.2, 0) is 20.9 Å². The van der Waals surface area contributed by atoms with E-state index in [4.69, 9.17) is 4.74 Å². The molecule has 3 aromatic rings. The Labute approximate surface area is 207 Å². The highest BCUT2D eigenvalue weighted by Gasteiger charge is 2.35. The number of benzene rings is 2. The van der Waals surface area contributed by atoms with Crippen LogP contribution in [0.2, 0.25) is 0 Å². The van der Waals surface area contributed by atoms with Crippen LogP contribution in [0.1, 0.15) is 25.1 Å². The predicted molar refractivity (Wildman–Crippen MR) is 128 cm³/mol. The maximum atomic E-state index is 13.4. The molecule has 12 heteroatoms. The van der Waals surface area contributed by atoms with Gasteiger partial charge in [0.25, 0.3) is 10.0 Å². The predicted octanol–water partition coefficient (Wildman–Crippen LogP) is 4.62. The van der Waals surface area contributed by atoms with E-state index in [1.807, 2.05) is 37.4 Å². The van der Waals surface area contributed by atoms with Crippen LogP contribution >= 0.6 is 0 Å². The molecule has 0 saturated heterocycles. The minimum Gasteiger partial charge on any atom is -0.447 e. The number of aryl methyl sites for hydroxylation is 1. The number of carbonyl (C=O) groups excluding carboxylic acids is 1. The Morgan fingerprint density at radius 2 is 1.72 bits per heavy atom. The Morgan fingerprint density at radius 3 is 2.28 bits per heavy atom. The monoisotopic (exact) mass is 524 g/mol. The quantitative estimate of drug-likeness (QED) is 0.462. The number of likely N-dealkylation sites (N-methyl/N-ethyl adjacent to an activating group) is 1. The maximum Gasteiger partial charge on any atom is 0.435 e. The Hall–Kier alpha value is -3.38. The Kier molecular flexibility index (Phi) is 8.09. The van der Waals surface area contributed by atoms with E-state index in [1.165, 1.54) is 24.3 Å². The molecule has 0 unspecified atom stereocenters. The lowest BCUT2D eigenvalue weighted by atomic mass is 10.1. The molecule has 0 aliphatic heterocycles. The van der Waals surface area contributed by atoms with E-state index in [9.17, 15) is 26.4 Å². The third kappa shape index (κ3) is 6.64. The molecule has 0 spiro atoms. The fourth-order valence-corrected chi connectivity index (χ4v) is 4.04. The van der Waals surface area contributed by atoms with Gasteiger partial charge in [0.1, 0.15) is 6.61 Å². The number of aromatic nitrogens is 2. The molecule has 0 bridgehead atoms. The lowest BCUT2D eigenvalue weighted by molar-refractivity contribution is -0.141. The normalized spacial score (nSPS) is 12.2. The molecule has 0 atom stereocenters. The van der Waals surface area contributed by atoms with Crippen LogP contribution in [0, 0.1) is 6.92 Å². The zero-order valence-corrected chi connectivity index (χ0v) is 21.0. The molecule has 1 N–H and O–H groups in total. The summed E-state index contributed by atoms with van der Waals surface area (Å²) in [6.45, 7) is 6.20. The van der Waals surface area contributed by atoms with Crippen molar-refractivity contribution in [3.05, 3.63) is 65.9 Å². The molecule has 8 nitrogen and oxygen atoms in total. The average molecular weight is 525 g/mol. The fraction of sp³-hybridized carbons (Fsp3) is 0.333. The van der Waals surface area contributed by atoms with Crippen molar-refractivity contribution in [3.8, 4) is 16.9 Å². The van der Waals surface area contributed by atoms with E-state index >= 15 is 0 Å². The van der Waals surface area contributed by atoms with Gasteiger partial charge in [0, 0.05) is 18.2 Å². The SMILES string of the molecule is Cc1ccc(-c2cc(C(F)(F)F)nn2-c2ccc(S(=O)(=O)NC(=O)OCCN(C)C(C)C)cc2)cc1. The third-order valence-corrected chi connectivity index (χ3v) is 6.84. The van der Waals surface area contributed by atoms with Crippen molar-refractivity contribution < 1.29 is 31.1 Å². The number of halogens is 3. The van der Waals surface area contributed by atoms with Crippen LogP contribution in [0.3, 0.4) is 0 Å². The van der Waals surface area contributed by atoms with Gasteiger partial charge in [0.15, 0.2) is 5.69 Å². The van der Waals surface area contributed by atoms with Crippen molar-refractivity contribution in [2.75, 3.05) is 20.2 Å². The summed E-state index contributed by atoms with van der Waals surface area (Å²) >= 11 is 0. The summed E-state index contributed by atoms with van der Waals surface area (Å²) in [4.78, 5) is 13.6. The second-order valence-electron chi connectivity index (χ2n) is 8.50. The van der Waals surface area contributed by atoms with Crippen molar-refractivity contribution in [1.29, 1.82) is 0 Å². The zero-order valence-electron chi connectivity index (χ0n) is 20.2. The van der Waals surface area contributed by atoms with Crippen LogP contribution in [0.5, 0.6) is 0 Å². The number of hydrogen-bond donors (Lipinski definition) is 1. The highest BCUT2D eigenvalue weighted by atomic mass is 32.2. The number of hydrogen-bond acceptors (Lipinski definition) is 6. The van der Waals surface area contributed by atoms with Crippen molar-refractivity contribution in [2.24, 2.45) is 0 Å². The number of amides is 1. The summed E-state index contributed by atoms with van der Waals surface area (Å²) in [6, 6.07) is 13.0. The lowest BCUT2D eigenvalue weighted by Crippen LogP contribution is -2.34. The van der Waals surface area contributed by atoms with Gasteiger partial charge in [-0.2, -0.15) is 18.3 Å². The largest absolute Gasteiger partial charge is 0.447 e. The first-order valence-corrected chi connectivity index (χ1v) is 12.5. The summed E-state index contributed by atoms with van der Waals surface area (Å²) in [5.74, 6) is 0. The van der Waals surface area contributed by atoms with Crippen LogP contribution in [-0.4, -0.2) is 55.4 Å². The zero-order chi connectivity index (χ0) is 26.7. The van der Waals surface area contributed by atoms with E-state index in [2.05, 4.69) is 5.10 Å². The molecule has 0 aliphatic rings. The summed E-state index contributed by atoms with van der Waals surface area (Å²) in [5.41, 5.74) is 0.758. The van der Waals surface area contributed by atoms with Crippen LogP contribution in [0.15, 0.2) is 59.5 Å². The second-order valence-corrected chi connectivity index (χ2v) is 10.2. The molecule has 0 saturated carbocycles. The Morgan fingerprint density at radius 1 is 1.11 bits per heavy atom. The number of nitrogens with zero attached hydrogens (tertiary/aromatic N) is 3. The molecule has 3 rings (SSSR count). The molecule has 1 heterocycles. The molecule has 0 radical (unpaired) electrons. The Bertz CT molecular complexity index is 1300. The highest BCUT2D eigenvalue weighted by molar-refractivity contribution is 7.90. The van der Waals surface area contributed by atoms with Crippen molar-refractivity contribution in [3.63, 3.8) is 0 Å². The molecular weight excluding hydrogens is 497 g/mol. The fourth-order valence-electron chi connectivity index (χ4n) is 3.15. The van der Waals surface area contributed by atoms with E-state index in [0.717, 1.165) is 16.3 Å². The van der Waals surface area contributed by atoms with Gasteiger partial charge in [0.2, 0.25) is 0 Å². The van der Waals surface area contributed by atoms with E-state index in [1.54, 1.807) is 24.3 Å². The summed E-state index contributed by atoms with van der Waals surface area (Å²) < 4.78 is 73.1. The van der Waals surface area contributed by atoms with E-state index in [-0.39, 0.29) is 28.9 Å². The minimum atomic E-state index is -4.66. The molecule has 1 aromatic heterocycles. The first-order chi connectivity index (χ1) is 16.8. The van der Waals surface area contributed by atoms with Crippen LogP contribution in [0.4, 0.5) is 18.0 Å². The van der Waals surface area contributed by atoms with Gasteiger partial charge in [-0.05, 0) is 58.2 Å². The van der Waals surface area contributed by atoms with Crippen LogP contribution < -0.4 is 4.72 Å². The minimum absolute atomic E-state index is 0.00238. The van der Waals surface area contributed by atoms with Gasteiger partial charge >= 0.3 is 12.3 Å². The standard InChI is InChI=1S/C24H27F3N4O4S/c1-16(2)30(4)13-14-35-23(32)29-36(33,34)20-11-9-19(10-12-20)31-21(15-22(28-31)24(25,26)27)18-7-5-17(3)6-8-18/h5-12,15-16H,13-14H2,1-4H3,(H,29,32). The van der Waals surface area contributed by atoms with Gasteiger partial charge < -0.3 is 9.64 Å². The van der Waals surface area contributed by atoms with Crippen molar-refractivity contribution in [1.82, 2.24) is 19.4 Å². The highest BCUT2D eigenvalue weighted by Crippen LogP contribution is 2.33. The number of nitrogens with one attached hydrogen (secondary N) is 1. The smallest absolute Gasteiger partial charge is 0.435 e. The lowest BCUT2D eigenvalue weighted by Gasteiger charge is -2.20. The van der Waals surface area contributed by atoms with Crippen molar-refractivity contribution in [2.45, 2.75) is 37.9 Å². The van der Waals surface area contributed by atoms with Gasteiger partial charge in [-0.15, -0.1) is 0 Å². The first kappa shape index (κ1) is 27.2. The third-order valence-electron chi connectivity index (χ3n) is 5.52. The number of alkyl halides is 3. The molecule has 0 aliphatic carbocycles. The number of carbonyl (C=O) groups is 1. The number of sulfonamides is 1. The molecule has 2 aromatic carbocycles. The molecular formula is C24H27F3N4O4S. The summed E-state index contributed by atoms with van der Waals surface area (Å²) in [7, 11) is -2.42. The Balaban J connectivity index is 1.81. The number of rotatable bonds is 8. The van der Waals surface area contributed by atoms with Gasteiger partial charge in [-0.1, -0.05) is 29.8 Å². The molecule has 194 valence electrons. The summed E-state index contributed by atoms with van der Waals surface area (Å²) in [6.07, 6.45) is -5.79. The molecule has 0 fully saturated rings. The van der Waals surface area contributed by atoms with Gasteiger partial charge in [0.05, 0.1) is 16.3 Å². The van der Waals surface area contributed by atoms with E-state index in [0.29, 0.717) is 12.1 Å². The van der Waals surface area contributed by atoms with Crippen LogP contribution in [0.25, 0.3) is 16.9 Å². The van der Waals surface area contributed by atoms with Gasteiger partial charge in [-0.25, -0.2) is 22.6 Å². The molecule has 36 heavy (non-hydrogen) atoms. The second kappa shape index (κ2) is 10.7. The summed E-state index contributed by atoms with van der Waals surface area (Å²) in [5, 5.41) is 3.70. The first-order valence-electron chi connectivity index (χ1n) is 11.0.